The molecule has 0 saturated carbocycles. The molecule has 2 aromatic carbocycles. The molecule has 0 amide bonds. The van der Waals surface area contributed by atoms with Crippen LogP contribution in [0.4, 0.5) is 0 Å². The first kappa shape index (κ1) is 16.2. The van der Waals surface area contributed by atoms with Crippen LogP contribution in [0.25, 0.3) is 0 Å². The Morgan fingerprint density at radius 3 is 2.04 bits per heavy atom. The summed E-state index contributed by atoms with van der Waals surface area (Å²) in [6.45, 7) is 8.26. The molecule has 0 bridgehead atoms. The van der Waals surface area contributed by atoms with E-state index < -0.39 is 0 Å². The zero-order valence-corrected chi connectivity index (χ0v) is 14.2. The van der Waals surface area contributed by atoms with Crippen LogP contribution in [0.2, 0.25) is 0 Å². The summed E-state index contributed by atoms with van der Waals surface area (Å²) in [4.78, 5) is 5.27. The molecule has 0 spiro atoms. The lowest BCUT2D eigenvalue weighted by Crippen LogP contribution is -2.48. The van der Waals surface area contributed by atoms with Gasteiger partial charge in [0.05, 0.1) is 0 Å². The molecule has 0 radical (unpaired) electrons. The summed E-state index contributed by atoms with van der Waals surface area (Å²) in [6, 6.07) is 22.4. The van der Waals surface area contributed by atoms with E-state index in [1.807, 2.05) is 0 Å². The maximum Gasteiger partial charge on any atom is 0.0389 e. The lowest BCUT2D eigenvalue weighted by atomic mass is 9.96. The predicted octanol–water partition coefficient (Wildman–Crippen LogP) is 4.00. The van der Waals surface area contributed by atoms with Crippen molar-refractivity contribution in [1.29, 1.82) is 0 Å². The quantitative estimate of drug-likeness (QED) is 0.796. The van der Waals surface area contributed by atoms with Crippen LogP contribution in [0.1, 0.15) is 30.5 Å². The smallest absolute Gasteiger partial charge is 0.0389 e. The summed E-state index contributed by atoms with van der Waals surface area (Å²) in [7, 11) is 0. The minimum atomic E-state index is 0.488. The molecule has 1 aliphatic heterocycles. The van der Waals surface area contributed by atoms with Gasteiger partial charge in [0, 0.05) is 32.2 Å². The monoisotopic (exact) mass is 308 g/mol. The van der Waals surface area contributed by atoms with Crippen molar-refractivity contribution in [1.82, 2.24) is 9.80 Å². The molecule has 1 saturated heterocycles. The Labute approximate surface area is 140 Å². The highest BCUT2D eigenvalue weighted by Crippen LogP contribution is 2.26. The first-order valence-corrected chi connectivity index (χ1v) is 8.92. The Kier molecular flexibility index (Phi) is 5.84. The van der Waals surface area contributed by atoms with E-state index >= 15 is 0 Å². The number of hydrogen-bond acceptors (Lipinski definition) is 2. The maximum atomic E-state index is 2.68. The molecule has 2 heteroatoms. The van der Waals surface area contributed by atoms with Crippen LogP contribution >= 0.6 is 0 Å². The minimum Gasteiger partial charge on any atom is -0.301 e. The Hall–Kier alpha value is -1.64. The molecule has 23 heavy (non-hydrogen) atoms. The fourth-order valence-corrected chi connectivity index (χ4v) is 3.59. The minimum absolute atomic E-state index is 0.488. The van der Waals surface area contributed by atoms with Gasteiger partial charge in [-0.05, 0) is 30.5 Å². The van der Waals surface area contributed by atoms with Crippen molar-refractivity contribution >= 4 is 0 Å². The fourth-order valence-electron chi connectivity index (χ4n) is 3.59. The average Bonchev–Trinajstić information content (AvgIpc) is 2.62. The molecule has 1 fully saturated rings. The van der Waals surface area contributed by atoms with Crippen molar-refractivity contribution in [3.63, 3.8) is 0 Å². The highest BCUT2D eigenvalue weighted by molar-refractivity contribution is 5.24. The molecule has 3 rings (SSSR count). The van der Waals surface area contributed by atoms with Crippen molar-refractivity contribution < 1.29 is 0 Å². The first-order valence-electron chi connectivity index (χ1n) is 8.92. The van der Waals surface area contributed by atoms with Crippen LogP contribution in [0.5, 0.6) is 0 Å². The molecule has 0 aliphatic carbocycles. The lowest BCUT2D eigenvalue weighted by molar-refractivity contribution is 0.0955. The van der Waals surface area contributed by atoms with Gasteiger partial charge >= 0.3 is 0 Å². The van der Waals surface area contributed by atoms with Crippen LogP contribution in [-0.2, 0) is 6.42 Å². The summed E-state index contributed by atoms with van der Waals surface area (Å²) in [6.07, 6.45) is 2.35. The van der Waals surface area contributed by atoms with Gasteiger partial charge in [-0.25, -0.2) is 0 Å². The van der Waals surface area contributed by atoms with Gasteiger partial charge in [0.2, 0.25) is 0 Å². The zero-order chi connectivity index (χ0) is 15.9. The van der Waals surface area contributed by atoms with E-state index in [1.54, 1.807) is 0 Å². The standard InChI is InChI=1S/C21H28N2/c1-2-13-22-14-16-23(17-15-22)21(20-11-7-4-8-12-20)18-19-9-5-3-6-10-19/h3-12,21H,2,13-18H2,1H3. The Morgan fingerprint density at radius 1 is 0.826 bits per heavy atom. The van der Waals surface area contributed by atoms with Crippen molar-refractivity contribution in [2.24, 2.45) is 0 Å². The SMILES string of the molecule is CCCN1CCN(C(Cc2ccccc2)c2ccccc2)CC1. The fraction of sp³-hybridized carbons (Fsp3) is 0.429. The van der Waals surface area contributed by atoms with E-state index in [0.29, 0.717) is 6.04 Å². The van der Waals surface area contributed by atoms with E-state index in [1.165, 1.54) is 50.3 Å². The van der Waals surface area contributed by atoms with E-state index in [0.717, 1.165) is 6.42 Å². The predicted molar refractivity (Wildman–Crippen MR) is 97.6 cm³/mol. The molecule has 0 aromatic heterocycles. The van der Waals surface area contributed by atoms with Crippen molar-refractivity contribution in [2.45, 2.75) is 25.8 Å². The Morgan fingerprint density at radius 2 is 1.43 bits per heavy atom. The number of hydrogen-bond donors (Lipinski definition) is 0. The topological polar surface area (TPSA) is 6.48 Å². The summed E-state index contributed by atoms with van der Waals surface area (Å²) < 4.78 is 0. The third-order valence-corrected chi connectivity index (χ3v) is 4.84. The van der Waals surface area contributed by atoms with Gasteiger partial charge in [0.15, 0.2) is 0 Å². The molecule has 1 unspecified atom stereocenters. The van der Waals surface area contributed by atoms with Gasteiger partial charge in [-0.1, -0.05) is 67.6 Å². The van der Waals surface area contributed by atoms with Gasteiger partial charge in [-0.3, -0.25) is 4.90 Å². The van der Waals surface area contributed by atoms with Crippen LogP contribution < -0.4 is 0 Å². The zero-order valence-electron chi connectivity index (χ0n) is 14.2. The van der Waals surface area contributed by atoms with Gasteiger partial charge in [-0.2, -0.15) is 0 Å². The summed E-state index contributed by atoms with van der Waals surface area (Å²) in [5.41, 5.74) is 2.87. The third kappa shape index (κ3) is 4.43. The Bertz CT molecular complexity index is 559. The normalized spacial score (nSPS) is 18.0. The second-order valence-corrected chi connectivity index (χ2v) is 6.49. The maximum absolute atomic E-state index is 2.68. The number of benzene rings is 2. The molecule has 2 nitrogen and oxygen atoms in total. The molecule has 1 heterocycles. The first-order chi connectivity index (χ1) is 11.4. The Balaban J connectivity index is 1.74. The summed E-state index contributed by atoms with van der Waals surface area (Å²) >= 11 is 0. The van der Waals surface area contributed by atoms with E-state index in [-0.39, 0.29) is 0 Å². The highest BCUT2D eigenvalue weighted by atomic mass is 15.3. The number of nitrogens with zero attached hydrogens (tertiary/aromatic N) is 2. The van der Waals surface area contributed by atoms with Crippen molar-refractivity contribution in [3.05, 3.63) is 71.8 Å². The third-order valence-electron chi connectivity index (χ3n) is 4.84. The second kappa shape index (κ2) is 8.28. The molecule has 1 aliphatic rings. The van der Waals surface area contributed by atoms with Crippen LogP contribution in [0, 0.1) is 0 Å². The average molecular weight is 308 g/mol. The molecule has 1 atom stereocenters. The van der Waals surface area contributed by atoms with E-state index in [2.05, 4.69) is 77.4 Å². The molecule has 122 valence electrons. The number of rotatable bonds is 6. The number of piperazine rings is 1. The second-order valence-electron chi connectivity index (χ2n) is 6.49. The molecule has 0 N–H and O–H groups in total. The molecular formula is C21H28N2. The van der Waals surface area contributed by atoms with Crippen LogP contribution in [-0.4, -0.2) is 42.5 Å². The summed E-state index contributed by atoms with van der Waals surface area (Å²) in [5.74, 6) is 0. The van der Waals surface area contributed by atoms with Gasteiger partial charge in [-0.15, -0.1) is 0 Å². The molecular weight excluding hydrogens is 280 g/mol. The van der Waals surface area contributed by atoms with Crippen LogP contribution in [0.15, 0.2) is 60.7 Å². The lowest BCUT2D eigenvalue weighted by Gasteiger charge is -2.39. The van der Waals surface area contributed by atoms with Crippen LogP contribution in [0.3, 0.4) is 0 Å². The van der Waals surface area contributed by atoms with E-state index in [4.69, 9.17) is 0 Å². The van der Waals surface area contributed by atoms with Gasteiger partial charge in [0.1, 0.15) is 0 Å². The summed E-state index contributed by atoms with van der Waals surface area (Å²) in [5, 5.41) is 0. The van der Waals surface area contributed by atoms with E-state index in [9.17, 15) is 0 Å². The van der Waals surface area contributed by atoms with Crippen molar-refractivity contribution in [2.75, 3.05) is 32.7 Å². The highest BCUT2D eigenvalue weighted by Gasteiger charge is 2.24. The largest absolute Gasteiger partial charge is 0.301 e. The van der Waals surface area contributed by atoms with Gasteiger partial charge < -0.3 is 4.90 Å². The van der Waals surface area contributed by atoms with Crippen molar-refractivity contribution in [3.8, 4) is 0 Å². The van der Waals surface area contributed by atoms with Gasteiger partial charge in [0.25, 0.3) is 0 Å². The molecule has 2 aromatic rings.